The third-order valence-electron chi connectivity index (χ3n) is 4.73. The Morgan fingerprint density at radius 2 is 1.68 bits per heavy atom. The average Bonchev–Trinajstić information content (AvgIpc) is 2.60. The number of halogens is 1. The van der Waals surface area contributed by atoms with E-state index in [0.29, 0.717) is 6.54 Å². The van der Waals surface area contributed by atoms with Gasteiger partial charge in [-0.15, -0.1) is 12.4 Å². The molecule has 1 atom stereocenters. The molecule has 0 bridgehead atoms. The van der Waals surface area contributed by atoms with E-state index in [0.717, 1.165) is 11.3 Å². The number of rotatable bonds is 7. The fourth-order valence-electron chi connectivity index (χ4n) is 2.93. The van der Waals surface area contributed by atoms with Crippen molar-refractivity contribution in [3.63, 3.8) is 0 Å². The highest BCUT2D eigenvalue weighted by Gasteiger charge is 2.18. The number of carbonyl (C=O) groups excluding carboxylic acids is 1. The molecule has 0 saturated carbocycles. The van der Waals surface area contributed by atoms with Crippen LogP contribution in [0.1, 0.15) is 43.5 Å². The first-order chi connectivity index (χ1) is 12.7. The van der Waals surface area contributed by atoms with Crippen molar-refractivity contribution in [2.45, 2.75) is 39.2 Å². The predicted molar refractivity (Wildman–Crippen MR) is 119 cm³/mol. The number of nitrogens with zero attached hydrogens (tertiary/aromatic N) is 1. The van der Waals surface area contributed by atoms with Gasteiger partial charge < -0.3 is 15.0 Å². The van der Waals surface area contributed by atoms with E-state index in [2.05, 4.69) is 55.3 Å². The zero-order valence-electron chi connectivity index (χ0n) is 17.8. The molecule has 1 N–H and O–H groups in total. The standard InChI is InChI=1S/C23H32N2O2.ClH/c1-17-9-7-8-10-21(17)27-16-22(26)24-15-20(25(5)6)18-11-13-19(14-12-18)23(2,3)4;/h7-14,20H,15-16H2,1-6H3,(H,24,26);1H. The molecule has 0 fully saturated rings. The summed E-state index contributed by atoms with van der Waals surface area (Å²) >= 11 is 0. The van der Waals surface area contributed by atoms with Crippen LogP contribution in [-0.2, 0) is 10.2 Å². The Morgan fingerprint density at radius 3 is 2.21 bits per heavy atom. The lowest BCUT2D eigenvalue weighted by atomic mass is 9.86. The molecule has 1 amide bonds. The molecule has 0 saturated heterocycles. The normalized spacial score (nSPS) is 12.2. The molecule has 0 spiro atoms. The van der Waals surface area contributed by atoms with E-state index in [1.807, 2.05) is 45.3 Å². The Hall–Kier alpha value is -2.04. The minimum Gasteiger partial charge on any atom is -0.484 e. The summed E-state index contributed by atoms with van der Waals surface area (Å²) in [7, 11) is 4.05. The maximum Gasteiger partial charge on any atom is 0.258 e. The molecule has 0 radical (unpaired) electrons. The number of benzene rings is 2. The summed E-state index contributed by atoms with van der Waals surface area (Å²) < 4.78 is 5.62. The average molecular weight is 405 g/mol. The first-order valence-electron chi connectivity index (χ1n) is 9.40. The van der Waals surface area contributed by atoms with E-state index in [1.165, 1.54) is 11.1 Å². The molecule has 154 valence electrons. The Balaban J connectivity index is 0.00000392. The second-order valence-electron chi connectivity index (χ2n) is 8.21. The molecule has 28 heavy (non-hydrogen) atoms. The van der Waals surface area contributed by atoms with E-state index in [-0.39, 0.29) is 36.4 Å². The molecule has 0 heterocycles. The lowest BCUT2D eigenvalue weighted by molar-refractivity contribution is -0.123. The van der Waals surface area contributed by atoms with Gasteiger partial charge in [0.2, 0.25) is 0 Å². The van der Waals surface area contributed by atoms with E-state index < -0.39 is 0 Å². The summed E-state index contributed by atoms with van der Waals surface area (Å²) in [5.74, 6) is 0.631. The molecule has 2 aromatic rings. The number of ether oxygens (including phenoxy) is 1. The van der Waals surface area contributed by atoms with Gasteiger partial charge in [0, 0.05) is 6.54 Å². The fourth-order valence-corrected chi connectivity index (χ4v) is 2.93. The largest absolute Gasteiger partial charge is 0.484 e. The Kier molecular flexibility index (Phi) is 8.99. The van der Waals surface area contributed by atoms with Gasteiger partial charge in [0.25, 0.3) is 5.91 Å². The smallest absolute Gasteiger partial charge is 0.258 e. The zero-order chi connectivity index (χ0) is 20.0. The number of carbonyl (C=O) groups is 1. The second kappa shape index (κ2) is 10.5. The lowest BCUT2D eigenvalue weighted by Crippen LogP contribution is -2.37. The molecule has 0 aromatic heterocycles. The van der Waals surface area contributed by atoms with Crippen molar-refractivity contribution in [3.8, 4) is 5.75 Å². The van der Waals surface area contributed by atoms with Gasteiger partial charge in [-0.25, -0.2) is 0 Å². The Morgan fingerprint density at radius 1 is 1.07 bits per heavy atom. The van der Waals surface area contributed by atoms with Gasteiger partial charge in [0.15, 0.2) is 6.61 Å². The molecule has 2 rings (SSSR count). The first kappa shape index (κ1) is 24.0. The number of amides is 1. The molecule has 1 unspecified atom stereocenters. The van der Waals surface area contributed by atoms with Crippen molar-refractivity contribution < 1.29 is 9.53 Å². The van der Waals surface area contributed by atoms with Crippen LogP contribution in [0.5, 0.6) is 5.75 Å². The quantitative estimate of drug-likeness (QED) is 0.738. The van der Waals surface area contributed by atoms with Crippen LogP contribution in [0.4, 0.5) is 0 Å². The van der Waals surface area contributed by atoms with E-state index in [9.17, 15) is 4.79 Å². The first-order valence-corrected chi connectivity index (χ1v) is 9.40. The van der Waals surface area contributed by atoms with Crippen molar-refractivity contribution >= 4 is 18.3 Å². The number of likely N-dealkylation sites (N-methyl/N-ethyl adjacent to an activating group) is 1. The van der Waals surface area contributed by atoms with Crippen LogP contribution < -0.4 is 10.1 Å². The van der Waals surface area contributed by atoms with Crippen LogP contribution >= 0.6 is 12.4 Å². The minimum absolute atomic E-state index is 0. The number of hydrogen-bond donors (Lipinski definition) is 1. The molecule has 5 heteroatoms. The molecule has 0 aliphatic rings. The highest BCUT2D eigenvalue weighted by molar-refractivity contribution is 5.85. The second-order valence-corrected chi connectivity index (χ2v) is 8.21. The van der Waals surface area contributed by atoms with Crippen molar-refractivity contribution in [1.29, 1.82) is 0 Å². The van der Waals surface area contributed by atoms with Crippen molar-refractivity contribution in [3.05, 3.63) is 65.2 Å². The molecule has 4 nitrogen and oxygen atoms in total. The van der Waals surface area contributed by atoms with Crippen molar-refractivity contribution in [1.82, 2.24) is 10.2 Å². The molecular formula is C23H33ClN2O2. The number of aryl methyl sites for hydroxylation is 1. The summed E-state index contributed by atoms with van der Waals surface area (Å²) in [4.78, 5) is 14.3. The summed E-state index contributed by atoms with van der Waals surface area (Å²) in [6.07, 6.45) is 0. The molecule has 0 aliphatic heterocycles. The SMILES string of the molecule is Cc1ccccc1OCC(=O)NCC(c1ccc(C(C)(C)C)cc1)N(C)C.Cl. The van der Waals surface area contributed by atoms with Crippen LogP contribution in [0, 0.1) is 6.92 Å². The third kappa shape index (κ3) is 6.84. The number of hydrogen-bond acceptors (Lipinski definition) is 3. The van der Waals surface area contributed by atoms with E-state index in [1.54, 1.807) is 0 Å². The van der Waals surface area contributed by atoms with Gasteiger partial charge in [0.1, 0.15) is 5.75 Å². The van der Waals surface area contributed by atoms with Crippen LogP contribution in [-0.4, -0.2) is 38.1 Å². The predicted octanol–water partition coefficient (Wildman–Crippen LogP) is 4.51. The van der Waals surface area contributed by atoms with Gasteiger partial charge in [0.05, 0.1) is 6.04 Å². The monoisotopic (exact) mass is 404 g/mol. The van der Waals surface area contributed by atoms with Crippen LogP contribution in [0.15, 0.2) is 48.5 Å². The Labute approximate surface area is 175 Å². The third-order valence-corrected chi connectivity index (χ3v) is 4.73. The lowest BCUT2D eigenvalue weighted by Gasteiger charge is -2.26. The zero-order valence-corrected chi connectivity index (χ0v) is 18.6. The van der Waals surface area contributed by atoms with E-state index in [4.69, 9.17) is 4.74 Å². The van der Waals surface area contributed by atoms with Crippen LogP contribution in [0.25, 0.3) is 0 Å². The number of para-hydroxylation sites is 1. The topological polar surface area (TPSA) is 41.6 Å². The van der Waals surface area contributed by atoms with Crippen molar-refractivity contribution in [2.75, 3.05) is 27.2 Å². The van der Waals surface area contributed by atoms with Crippen molar-refractivity contribution in [2.24, 2.45) is 0 Å². The summed E-state index contributed by atoms with van der Waals surface area (Å²) in [6.45, 7) is 9.16. The van der Waals surface area contributed by atoms with Gasteiger partial charge in [-0.05, 0) is 49.2 Å². The highest BCUT2D eigenvalue weighted by atomic mass is 35.5. The number of nitrogens with one attached hydrogen (secondary N) is 1. The van der Waals surface area contributed by atoms with Gasteiger partial charge in [-0.2, -0.15) is 0 Å². The van der Waals surface area contributed by atoms with Gasteiger partial charge >= 0.3 is 0 Å². The highest BCUT2D eigenvalue weighted by Crippen LogP contribution is 2.25. The maximum atomic E-state index is 12.2. The summed E-state index contributed by atoms with van der Waals surface area (Å²) in [5, 5.41) is 2.99. The van der Waals surface area contributed by atoms with Crippen LogP contribution in [0.2, 0.25) is 0 Å². The van der Waals surface area contributed by atoms with E-state index >= 15 is 0 Å². The fraction of sp³-hybridized carbons (Fsp3) is 0.435. The summed E-state index contributed by atoms with van der Waals surface area (Å²) in [5.41, 5.74) is 3.65. The maximum absolute atomic E-state index is 12.2. The molecular weight excluding hydrogens is 372 g/mol. The molecule has 0 aliphatic carbocycles. The van der Waals surface area contributed by atoms with Gasteiger partial charge in [-0.1, -0.05) is 63.2 Å². The molecule has 2 aromatic carbocycles. The Bertz CT molecular complexity index is 752. The van der Waals surface area contributed by atoms with Crippen LogP contribution in [0.3, 0.4) is 0 Å². The minimum atomic E-state index is -0.114. The van der Waals surface area contributed by atoms with Gasteiger partial charge in [-0.3, -0.25) is 4.79 Å². The summed E-state index contributed by atoms with van der Waals surface area (Å²) in [6, 6.07) is 16.5.